The summed E-state index contributed by atoms with van der Waals surface area (Å²) in [7, 11) is 0. The second kappa shape index (κ2) is 11.0. The standard InChI is InChI=1S/C25H34N2O/c1-22-13-15-24(16-14-22)10-5-12-25(28)27-19-7-18-26(20-21-27)17-6-11-23-8-3-2-4-9-23/h2-4,8-9,13-16H,5-7,10-12,17-21H2,1H3. The first kappa shape index (κ1) is 20.6. The molecule has 1 saturated heterocycles. The van der Waals surface area contributed by atoms with Crippen LogP contribution in [0.3, 0.4) is 0 Å². The average molecular weight is 379 g/mol. The molecule has 0 N–H and O–H groups in total. The summed E-state index contributed by atoms with van der Waals surface area (Å²) in [6.45, 7) is 7.16. The highest BCUT2D eigenvalue weighted by molar-refractivity contribution is 5.76. The van der Waals surface area contributed by atoms with Crippen molar-refractivity contribution in [2.24, 2.45) is 0 Å². The van der Waals surface area contributed by atoms with E-state index in [1.54, 1.807) is 0 Å². The van der Waals surface area contributed by atoms with Gasteiger partial charge in [0, 0.05) is 26.1 Å². The molecule has 0 radical (unpaired) electrons. The predicted octanol–water partition coefficient (Wildman–Crippen LogP) is 4.48. The summed E-state index contributed by atoms with van der Waals surface area (Å²) in [5.41, 5.74) is 4.04. The van der Waals surface area contributed by atoms with Gasteiger partial charge in [0.05, 0.1) is 0 Å². The fourth-order valence-corrected chi connectivity index (χ4v) is 3.95. The first-order valence-corrected chi connectivity index (χ1v) is 10.8. The second-order valence-corrected chi connectivity index (χ2v) is 8.00. The number of rotatable bonds is 8. The highest BCUT2D eigenvalue weighted by Crippen LogP contribution is 2.11. The van der Waals surface area contributed by atoms with Gasteiger partial charge in [0.1, 0.15) is 0 Å². The average Bonchev–Trinajstić information content (AvgIpc) is 2.96. The van der Waals surface area contributed by atoms with Gasteiger partial charge >= 0.3 is 0 Å². The van der Waals surface area contributed by atoms with Gasteiger partial charge in [-0.25, -0.2) is 0 Å². The zero-order valence-corrected chi connectivity index (χ0v) is 17.3. The third-order valence-corrected chi connectivity index (χ3v) is 5.70. The van der Waals surface area contributed by atoms with Crippen LogP contribution in [-0.2, 0) is 17.6 Å². The van der Waals surface area contributed by atoms with Crippen LogP contribution in [-0.4, -0.2) is 48.4 Å². The van der Waals surface area contributed by atoms with Gasteiger partial charge in [-0.15, -0.1) is 0 Å². The third-order valence-electron chi connectivity index (χ3n) is 5.70. The quantitative estimate of drug-likeness (QED) is 0.676. The van der Waals surface area contributed by atoms with Gasteiger partial charge in [-0.2, -0.15) is 0 Å². The summed E-state index contributed by atoms with van der Waals surface area (Å²) in [5, 5.41) is 0. The predicted molar refractivity (Wildman–Crippen MR) is 117 cm³/mol. The largest absolute Gasteiger partial charge is 0.341 e. The number of amides is 1. The first-order chi connectivity index (χ1) is 13.7. The zero-order valence-electron chi connectivity index (χ0n) is 17.3. The number of carbonyl (C=O) groups excluding carboxylic acids is 1. The van der Waals surface area contributed by atoms with Gasteiger partial charge in [-0.05, 0) is 63.2 Å². The van der Waals surface area contributed by atoms with Gasteiger partial charge in [0.25, 0.3) is 0 Å². The van der Waals surface area contributed by atoms with E-state index in [9.17, 15) is 4.79 Å². The van der Waals surface area contributed by atoms with Crippen LogP contribution in [0.1, 0.15) is 42.4 Å². The molecule has 2 aromatic carbocycles. The Bertz CT molecular complexity index is 711. The minimum absolute atomic E-state index is 0.332. The van der Waals surface area contributed by atoms with E-state index in [0.717, 1.165) is 58.4 Å². The fourth-order valence-electron chi connectivity index (χ4n) is 3.95. The SMILES string of the molecule is Cc1ccc(CCCC(=O)N2CCCN(CCCc3ccccc3)CC2)cc1. The van der Waals surface area contributed by atoms with Crippen LogP contribution in [0.4, 0.5) is 0 Å². The maximum Gasteiger partial charge on any atom is 0.222 e. The Kier molecular flexibility index (Phi) is 8.10. The van der Waals surface area contributed by atoms with Gasteiger partial charge in [-0.1, -0.05) is 60.2 Å². The summed E-state index contributed by atoms with van der Waals surface area (Å²) in [6.07, 6.45) is 6.02. The minimum Gasteiger partial charge on any atom is -0.341 e. The van der Waals surface area contributed by atoms with Crippen molar-refractivity contribution < 1.29 is 4.79 Å². The molecule has 1 aliphatic heterocycles. The number of hydrogen-bond donors (Lipinski definition) is 0. The molecular weight excluding hydrogens is 344 g/mol. The van der Waals surface area contributed by atoms with Crippen LogP contribution < -0.4 is 0 Å². The van der Waals surface area contributed by atoms with Gasteiger partial charge in [0.2, 0.25) is 5.91 Å². The Hall–Kier alpha value is -2.13. The van der Waals surface area contributed by atoms with Crippen LogP contribution in [0.15, 0.2) is 54.6 Å². The molecule has 3 heteroatoms. The lowest BCUT2D eigenvalue weighted by Crippen LogP contribution is -2.35. The zero-order chi connectivity index (χ0) is 19.6. The van der Waals surface area contributed by atoms with Crippen molar-refractivity contribution in [3.63, 3.8) is 0 Å². The van der Waals surface area contributed by atoms with Gasteiger partial charge < -0.3 is 9.80 Å². The molecular formula is C25H34N2O. The van der Waals surface area contributed by atoms with Crippen LogP contribution in [0, 0.1) is 6.92 Å². The van der Waals surface area contributed by atoms with E-state index in [1.165, 1.54) is 23.1 Å². The number of carbonyl (C=O) groups is 1. The molecule has 0 bridgehead atoms. The number of benzene rings is 2. The topological polar surface area (TPSA) is 23.6 Å². The Morgan fingerprint density at radius 1 is 0.821 bits per heavy atom. The van der Waals surface area contributed by atoms with Gasteiger partial charge in [0.15, 0.2) is 0 Å². The number of aryl methyl sites for hydroxylation is 3. The molecule has 3 nitrogen and oxygen atoms in total. The highest BCUT2D eigenvalue weighted by Gasteiger charge is 2.18. The van der Waals surface area contributed by atoms with Crippen LogP contribution in [0.2, 0.25) is 0 Å². The fraction of sp³-hybridized carbons (Fsp3) is 0.480. The molecule has 1 heterocycles. The summed E-state index contributed by atoms with van der Waals surface area (Å²) >= 11 is 0. The van der Waals surface area contributed by atoms with E-state index in [0.29, 0.717) is 12.3 Å². The summed E-state index contributed by atoms with van der Waals surface area (Å²) in [6, 6.07) is 19.4. The monoisotopic (exact) mass is 378 g/mol. The molecule has 0 saturated carbocycles. The first-order valence-electron chi connectivity index (χ1n) is 10.8. The molecule has 0 unspecified atom stereocenters. The number of hydrogen-bond acceptors (Lipinski definition) is 2. The number of nitrogens with zero attached hydrogens (tertiary/aromatic N) is 2. The van der Waals surface area contributed by atoms with Crippen molar-refractivity contribution in [2.45, 2.75) is 45.4 Å². The Labute approximate surface area is 170 Å². The van der Waals surface area contributed by atoms with Crippen molar-refractivity contribution in [2.75, 3.05) is 32.7 Å². The van der Waals surface area contributed by atoms with E-state index >= 15 is 0 Å². The Balaban J connectivity index is 1.34. The maximum atomic E-state index is 12.6. The maximum absolute atomic E-state index is 12.6. The smallest absolute Gasteiger partial charge is 0.222 e. The van der Waals surface area contributed by atoms with Crippen LogP contribution in [0.5, 0.6) is 0 Å². The summed E-state index contributed by atoms with van der Waals surface area (Å²) < 4.78 is 0. The van der Waals surface area contributed by atoms with Gasteiger partial charge in [-0.3, -0.25) is 4.79 Å². The molecule has 0 aromatic heterocycles. The summed E-state index contributed by atoms with van der Waals surface area (Å²) in [5.74, 6) is 0.332. The van der Waals surface area contributed by atoms with Crippen molar-refractivity contribution in [1.29, 1.82) is 0 Å². The molecule has 1 fully saturated rings. The molecule has 0 spiro atoms. The third kappa shape index (κ3) is 6.79. The molecule has 150 valence electrons. The van der Waals surface area contributed by atoms with E-state index < -0.39 is 0 Å². The highest BCUT2D eigenvalue weighted by atomic mass is 16.2. The summed E-state index contributed by atoms with van der Waals surface area (Å²) in [4.78, 5) is 17.2. The molecule has 0 atom stereocenters. The molecule has 2 aromatic rings. The van der Waals surface area contributed by atoms with Crippen molar-refractivity contribution in [3.05, 3.63) is 71.3 Å². The Morgan fingerprint density at radius 3 is 2.32 bits per heavy atom. The van der Waals surface area contributed by atoms with Crippen LogP contribution >= 0.6 is 0 Å². The molecule has 0 aliphatic carbocycles. The molecule has 3 rings (SSSR count). The Morgan fingerprint density at radius 2 is 1.54 bits per heavy atom. The van der Waals surface area contributed by atoms with Crippen LogP contribution in [0.25, 0.3) is 0 Å². The van der Waals surface area contributed by atoms with E-state index in [2.05, 4.69) is 71.3 Å². The lowest BCUT2D eigenvalue weighted by Gasteiger charge is -2.22. The van der Waals surface area contributed by atoms with Crippen molar-refractivity contribution >= 4 is 5.91 Å². The lowest BCUT2D eigenvalue weighted by molar-refractivity contribution is -0.131. The second-order valence-electron chi connectivity index (χ2n) is 8.00. The molecule has 1 amide bonds. The van der Waals surface area contributed by atoms with E-state index in [1.807, 2.05) is 0 Å². The minimum atomic E-state index is 0.332. The van der Waals surface area contributed by atoms with Crippen molar-refractivity contribution in [1.82, 2.24) is 9.80 Å². The molecule has 28 heavy (non-hydrogen) atoms. The van der Waals surface area contributed by atoms with Crippen molar-refractivity contribution in [3.8, 4) is 0 Å². The van der Waals surface area contributed by atoms with E-state index in [-0.39, 0.29) is 0 Å². The molecule has 1 aliphatic rings. The normalized spacial score (nSPS) is 15.4. The van der Waals surface area contributed by atoms with E-state index in [4.69, 9.17) is 0 Å². The lowest BCUT2D eigenvalue weighted by atomic mass is 10.1.